The molecule has 34 heavy (non-hydrogen) atoms. The van der Waals surface area contributed by atoms with Crippen LogP contribution in [0.1, 0.15) is 21.6 Å². The number of para-hydroxylation sites is 1. The van der Waals surface area contributed by atoms with E-state index in [9.17, 15) is 9.90 Å². The number of nitrogens with zero attached hydrogens (tertiary/aromatic N) is 4. The molecule has 0 radical (unpaired) electrons. The minimum absolute atomic E-state index is 0.114. The van der Waals surface area contributed by atoms with E-state index in [0.717, 1.165) is 22.2 Å². The van der Waals surface area contributed by atoms with Gasteiger partial charge in [-0.2, -0.15) is 0 Å². The minimum Gasteiger partial charge on any atom is -0.507 e. The lowest BCUT2D eigenvalue weighted by Gasteiger charge is -2.07. The maximum atomic E-state index is 12.6. The van der Waals surface area contributed by atoms with E-state index in [1.807, 2.05) is 60.7 Å². The van der Waals surface area contributed by atoms with Crippen molar-refractivity contribution < 1.29 is 14.6 Å². The molecule has 0 bridgehead atoms. The number of H-pyrrole nitrogens is 1. The molecule has 5 aromatic rings. The van der Waals surface area contributed by atoms with Gasteiger partial charge in [0.05, 0.1) is 16.8 Å². The lowest BCUT2D eigenvalue weighted by molar-refractivity contribution is 0.104. The van der Waals surface area contributed by atoms with Crippen LogP contribution in [0.5, 0.6) is 11.5 Å². The fraction of sp³-hybridized carbons (Fsp3) is 0.0385. The zero-order valence-corrected chi connectivity index (χ0v) is 17.9. The molecule has 2 heterocycles. The third-order valence-electron chi connectivity index (χ3n) is 5.23. The highest BCUT2D eigenvalue weighted by atomic mass is 16.5. The van der Waals surface area contributed by atoms with Gasteiger partial charge in [-0.3, -0.25) is 4.79 Å². The van der Waals surface area contributed by atoms with Crippen LogP contribution < -0.4 is 4.74 Å². The molecule has 2 N–H and O–H groups in total. The van der Waals surface area contributed by atoms with Gasteiger partial charge < -0.3 is 9.84 Å². The second kappa shape index (κ2) is 9.33. The summed E-state index contributed by atoms with van der Waals surface area (Å²) in [4.78, 5) is 17.2. The molecule has 2 aromatic heterocycles. The van der Waals surface area contributed by atoms with Crippen molar-refractivity contribution in [2.75, 3.05) is 0 Å². The largest absolute Gasteiger partial charge is 0.507 e. The molecular weight excluding hydrogens is 430 g/mol. The number of aromatic amines is 1. The standard InChI is InChI=1S/C26H19N5O3/c32-24(22-15-19(9-14-25(22)33)26-28-30-31-29-26)13-7-17-5-11-21(12-6-17)34-16-20-10-8-18-3-1-2-4-23(18)27-20/h1-15,33H,16H2,(H,28,29,30,31)/b13-7+. The minimum atomic E-state index is -0.338. The molecule has 0 aliphatic rings. The van der Waals surface area contributed by atoms with E-state index >= 15 is 0 Å². The summed E-state index contributed by atoms with van der Waals surface area (Å²) in [6, 6.07) is 23.9. The summed E-state index contributed by atoms with van der Waals surface area (Å²) in [5.41, 5.74) is 3.36. The molecular formula is C26H19N5O3. The van der Waals surface area contributed by atoms with Crippen LogP contribution in [0.3, 0.4) is 0 Å². The topological polar surface area (TPSA) is 114 Å². The summed E-state index contributed by atoms with van der Waals surface area (Å²) in [7, 11) is 0. The van der Waals surface area contributed by atoms with Gasteiger partial charge in [0, 0.05) is 10.9 Å². The molecule has 0 aliphatic carbocycles. The number of carbonyl (C=O) groups excluding carboxylic acids is 1. The molecule has 0 aliphatic heterocycles. The number of hydrogen-bond donors (Lipinski definition) is 2. The quantitative estimate of drug-likeness (QED) is 0.276. The number of tetrazole rings is 1. The van der Waals surface area contributed by atoms with Crippen molar-refractivity contribution in [3.05, 3.63) is 102 Å². The number of benzene rings is 3. The van der Waals surface area contributed by atoms with Gasteiger partial charge in [-0.1, -0.05) is 42.5 Å². The number of carbonyl (C=O) groups is 1. The Hall–Kier alpha value is -4.85. The molecule has 0 fully saturated rings. The fourth-order valence-electron chi connectivity index (χ4n) is 3.44. The van der Waals surface area contributed by atoms with Gasteiger partial charge in [0.25, 0.3) is 0 Å². The Bertz CT molecular complexity index is 1480. The summed E-state index contributed by atoms with van der Waals surface area (Å²) in [5, 5.41) is 24.7. The molecule has 3 aromatic carbocycles. The third-order valence-corrected chi connectivity index (χ3v) is 5.23. The number of pyridine rings is 1. The Balaban J connectivity index is 1.23. The monoisotopic (exact) mass is 449 g/mol. The summed E-state index contributed by atoms with van der Waals surface area (Å²) < 4.78 is 5.85. The Morgan fingerprint density at radius 1 is 1.00 bits per heavy atom. The zero-order valence-electron chi connectivity index (χ0n) is 17.9. The first-order valence-corrected chi connectivity index (χ1v) is 10.5. The number of phenols is 1. The number of aromatic nitrogens is 5. The lowest BCUT2D eigenvalue weighted by atomic mass is 10.0. The number of ether oxygens (including phenoxy) is 1. The molecule has 0 amide bonds. The van der Waals surface area contributed by atoms with Crippen LogP contribution in [-0.4, -0.2) is 36.5 Å². The first-order valence-electron chi connectivity index (χ1n) is 10.5. The second-order valence-corrected chi connectivity index (χ2v) is 7.53. The molecule has 0 saturated heterocycles. The number of allylic oxidation sites excluding steroid dienone is 1. The number of aromatic hydroxyl groups is 1. The highest BCUT2D eigenvalue weighted by Gasteiger charge is 2.12. The average Bonchev–Trinajstić information content (AvgIpc) is 3.42. The van der Waals surface area contributed by atoms with Gasteiger partial charge in [-0.15, -0.1) is 5.10 Å². The Kier molecular flexibility index (Phi) is 5.77. The fourth-order valence-corrected chi connectivity index (χ4v) is 3.44. The summed E-state index contributed by atoms with van der Waals surface area (Å²) >= 11 is 0. The molecule has 0 spiro atoms. The van der Waals surface area contributed by atoms with Gasteiger partial charge in [-0.05, 0) is 64.5 Å². The van der Waals surface area contributed by atoms with E-state index < -0.39 is 0 Å². The number of hydrogen-bond acceptors (Lipinski definition) is 7. The van der Waals surface area contributed by atoms with Gasteiger partial charge >= 0.3 is 0 Å². The predicted molar refractivity (Wildman–Crippen MR) is 127 cm³/mol. The zero-order chi connectivity index (χ0) is 23.3. The molecule has 166 valence electrons. The molecule has 0 saturated carbocycles. The van der Waals surface area contributed by atoms with Crippen LogP contribution in [0.25, 0.3) is 28.4 Å². The van der Waals surface area contributed by atoms with E-state index in [1.54, 1.807) is 18.2 Å². The van der Waals surface area contributed by atoms with Crippen LogP contribution in [-0.2, 0) is 6.61 Å². The van der Waals surface area contributed by atoms with E-state index in [1.165, 1.54) is 12.1 Å². The third kappa shape index (κ3) is 4.66. The van der Waals surface area contributed by atoms with Gasteiger partial charge in [-0.25, -0.2) is 10.1 Å². The van der Waals surface area contributed by atoms with Crippen LogP contribution in [0.15, 0.2) is 84.9 Å². The number of fused-ring (bicyclic) bond motifs is 1. The van der Waals surface area contributed by atoms with Crippen molar-refractivity contribution in [2.45, 2.75) is 6.61 Å². The smallest absolute Gasteiger partial charge is 0.189 e. The van der Waals surface area contributed by atoms with Crippen molar-refractivity contribution in [3.63, 3.8) is 0 Å². The number of nitrogens with one attached hydrogen (secondary N) is 1. The van der Waals surface area contributed by atoms with Crippen LogP contribution in [0.2, 0.25) is 0 Å². The Morgan fingerprint density at radius 2 is 1.85 bits per heavy atom. The normalized spacial score (nSPS) is 11.2. The lowest BCUT2D eigenvalue weighted by Crippen LogP contribution is -1.98. The van der Waals surface area contributed by atoms with Crippen LogP contribution in [0, 0.1) is 0 Å². The number of phenolic OH excluding ortho intramolecular Hbond substituents is 1. The van der Waals surface area contributed by atoms with Crippen molar-refractivity contribution in [1.29, 1.82) is 0 Å². The molecule has 0 atom stereocenters. The summed E-state index contributed by atoms with van der Waals surface area (Å²) in [6.45, 7) is 0.356. The molecule has 8 heteroatoms. The van der Waals surface area contributed by atoms with Crippen LogP contribution in [0.4, 0.5) is 0 Å². The highest BCUT2D eigenvalue weighted by molar-refractivity contribution is 6.09. The first kappa shape index (κ1) is 21.0. The van der Waals surface area contributed by atoms with Crippen molar-refractivity contribution in [3.8, 4) is 22.9 Å². The Morgan fingerprint density at radius 3 is 2.68 bits per heavy atom. The van der Waals surface area contributed by atoms with Crippen molar-refractivity contribution >= 4 is 22.8 Å². The SMILES string of the molecule is O=C(/C=C/c1ccc(OCc2ccc3ccccc3n2)cc1)c1cc(-c2nnn[nH]2)ccc1O. The van der Waals surface area contributed by atoms with Crippen molar-refractivity contribution in [2.24, 2.45) is 0 Å². The highest BCUT2D eigenvalue weighted by Crippen LogP contribution is 2.24. The Labute approximate surface area is 194 Å². The average molecular weight is 449 g/mol. The maximum Gasteiger partial charge on any atom is 0.189 e. The molecule has 5 rings (SSSR count). The van der Waals surface area contributed by atoms with E-state index in [2.05, 4.69) is 25.6 Å². The second-order valence-electron chi connectivity index (χ2n) is 7.53. The van der Waals surface area contributed by atoms with Crippen molar-refractivity contribution in [1.82, 2.24) is 25.6 Å². The summed E-state index contributed by atoms with van der Waals surface area (Å²) in [6.07, 6.45) is 3.09. The molecule has 0 unspecified atom stereocenters. The van der Waals surface area contributed by atoms with E-state index in [0.29, 0.717) is 23.7 Å². The van der Waals surface area contributed by atoms with Crippen LogP contribution >= 0.6 is 0 Å². The van der Waals surface area contributed by atoms with E-state index in [4.69, 9.17) is 4.74 Å². The van der Waals surface area contributed by atoms with Gasteiger partial charge in [0.2, 0.25) is 0 Å². The van der Waals surface area contributed by atoms with Gasteiger partial charge in [0.15, 0.2) is 11.6 Å². The summed E-state index contributed by atoms with van der Waals surface area (Å²) in [5.74, 6) is 0.656. The maximum absolute atomic E-state index is 12.6. The number of ketones is 1. The van der Waals surface area contributed by atoms with E-state index in [-0.39, 0.29) is 17.1 Å². The first-order chi connectivity index (χ1) is 16.7. The number of rotatable bonds is 7. The molecule has 8 nitrogen and oxygen atoms in total. The van der Waals surface area contributed by atoms with Gasteiger partial charge in [0.1, 0.15) is 18.1 Å². The predicted octanol–water partition coefficient (Wildman–Crippen LogP) is 4.60.